The van der Waals surface area contributed by atoms with Crippen molar-refractivity contribution in [3.8, 4) is 0 Å². The van der Waals surface area contributed by atoms with Crippen molar-refractivity contribution < 1.29 is 19.4 Å². The standard InChI is InChI=1S/C23H32N2O4/c1-16(2)29-13-5-12-25-22(27)20(19-9-7-17(3)8-10-19)21(23(25)28)24-11-4-6-18(14-24)15-26/h7-10,16,18,26H,4-6,11-15H2,1-3H3. The number of amides is 2. The highest BCUT2D eigenvalue weighted by molar-refractivity contribution is 6.35. The van der Waals surface area contributed by atoms with Crippen molar-refractivity contribution >= 4 is 17.4 Å². The van der Waals surface area contributed by atoms with Gasteiger partial charge in [-0.25, -0.2) is 0 Å². The first kappa shape index (κ1) is 21.5. The minimum Gasteiger partial charge on any atom is -0.396 e. The Hall–Kier alpha value is -2.18. The van der Waals surface area contributed by atoms with Crippen molar-refractivity contribution in [2.45, 2.75) is 46.1 Å². The summed E-state index contributed by atoms with van der Waals surface area (Å²) in [7, 11) is 0. The van der Waals surface area contributed by atoms with Gasteiger partial charge < -0.3 is 14.7 Å². The van der Waals surface area contributed by atoms with Crippen molar-refractivity contribution in [2.75, 3.05) is 32.8 Å². The van der Waals surface area contributed by atoms with Gasteiger partial charge in [-0.15, -0.1) is 0 Å². The number of aliphatic hydroxyl groups is 1. The van der Waals surface area contributed by atoms with E-state index in [1.807, 2.05) is 49.9 Å². The predicted molar refractivity (Wildman–Crippen MR) is 112 cm³/mol. The van der Waals surface area contributed by atoms with Crippen LogP contribution in [0.4, 0.5) is 0 Å². The third-order valence-electron chi connectivity index (χ3n) is 5.55. The Labute approximate surface area is 173 Å². The fourth-order valence-corrected chi connectivity index (χ4v) is 4.00. The number of nitrogens with zero attached hydrogens (tertiary/aromatic N) is 2. The predicted octanol–water partition coefficient (Wildman–Crippen LogP) is 2.59. The molecule has 6 heteroatoms. The number of hydrogen-bond donors (Lipinski definition) is 1. The van der Waals surface area contributed by atoms with Gasteiger partial charge in [-0.05, 0) is 51.5 Å². The van der Waals surface area contributed by atoms with Gasteiger partial charge in [-0.2, -0.15) is 0 Å². The van der Waals surface area contributed by atoms with Gasteiger partial charge in [0.05, 0.1) is 11.7 Å². The molecule has 158 valence electrons. The Morgan fingerprint density at radius 2 is 1.90 bits per heavy atom. The van der Waals surface area contributed by atoms with Crippen LogP contribution in [0.25, 0.3) is 5.57 Å². The van der Waals surface area contributed by atoms with Gasteiger partial charge in [0.1, 0.15) is 5.70 Å². The largest absolute Gasteiger partial charge is 0.396 e. The summed E-state index contributed by atoms with van der Waals surface area (Å²) in [6.45, 7) is 8.22. The van der Waals surface area contributed by atoms with Crippen LogP contribution in [0.1, 0.15) is 44.2 Å². The average Bonchev–Trinajstić information content (AvgIpc) is 2.96. The fourth-order valence-electron chi connectivity index (χ4n) is 4.00. The second-order valence-corrected chi connectivity index (χ2v) is 8.26. The fraction of sp³-hybridized carbons (Fsp3) is 0.565. The maximum absolute atomic E-state index is 13.3. The van der Waals surface area contributed by atoms with E-state index in [4.69, 9.17) is 4.74 Å². The van der Waals surface area contributed by atoms with E-state index in [9.17, 15) is 14.7 Å². The molecule has 1 unspecified atom stereocenters. The van der Waals surface area contributed by atoms with Crippen molar-refractivity contribution in [1.29, 1.82) is 0 Å². The lowest BCUT2D eigenvalue weighted by molar-refractivity contribution is -0.138. The molecule has 2 aliphatic rings. The number of imide groups is 1. The quantitative estimate of drug-likeness (QED) is 0.537. The van der Waals surface area contributed by atoms with E-state index in [1.54, 1.807) is 0 Å². The molecule has 0 aromatic heterocycles. The highest BCUT2D eigenvalue weighted by atomic mass is 16.5. The zero-order valence-corrected chi connectivity index (χ0v) is 17.7. The van der Waals surface area contributed by atoms with E-state index < -0.39 is 0 Å². The Morgan fingerprint density at radius 3 is 2.55 bits per heavy atom. The smallest absolute Gasteiger partial charge is 0.277 e. The molecule has 1 aromatic carbocycles. The van der Waals surface area contributed by atoms with E-state index in [0.717, 1.165) is 30.5 Å². The lowest BCUT2D eigenvalue weighted by atomic mass is 9.96. The van der Waals surface area contributed by atoms with Crippen LogP contribution in [0, 0.1) is 12.8 Å². The molecule has 0 radical (unpaired) electrons. The lowest BCUT2D eigenvalue weighted by Crippen LogP contribution is -2.41. The molecule has 1 fully saturated rings. The summed E-state index contributed by atoms with van der Waals surface area (Å²) in [6.07, 6.45) is 2.59. The molecule has 0 saturated carbocycles. The molecule has 3 rings (SSSR count). The van der Waals surface area contributed by atoms with Crippen molar-refractivity contribution in [2.24, 2.45) is 5.92 Å². The Kier molecular flexibility index (Phi) is 7.09. The van der Waals surface area contributed by atoms with E-state index in [2.05, 4.69) is 0 Å². The molecule has 29 heavy (non-hydrogen) atoms. The summed E-state index contributed by atoms with van der Waals surface area (Å²) in [5, 5.41) is 9.60. The summed E-state index contributed by atoms with van der Waals surface area (Å²) in [4.78, 5) is 29.9. The molecule has 2 heterocycles. The molecule has 1 aromatic rings. The Balaban J connectivity index is 1.88. The second-order valence-electron chi connectivity index (χ2n) is 8.26. The van der Waals surface area contributed by atoms with Gasteiger partial charge in [0.15, 0.2) is 0 Å². The molecule has 1 N–H and O–H groups in total. The number of hydrogen-bond acceptors (Lipinski definition) is 5. The summed E-state index contributed by atoms with van der Waals surface area (Å²) in [5.74, 6) is -0.329. The number of carbonyl (C=O) groups excluding carboxylic acids is 2. The summed E-state index contributed by atoms with van der Waals surface area (Å²) < 4.78 is 5.57. The monoisotopic (exact) mass is 400 g/mol. The number of piperidine rings is 1. The third kappa shape index (κ3) is 4.87. The number of aliphatic hydroxyl groups excluding tert-OH is 1. The first-order chi connectivity index (χ1) is 13.9. The minimum absolute atomic E-state index is 0.0992. The maximum Gasteiger partial charge on any atom is 0.277 e. The van der Waals surface area contributed by atoms with Crippen LogP contribution in [-0.2, 0) is 14.3 Å². The van der Waals surface area contributed by atoms with Crippen molar-refractivity contribution in [3.05, 3.63) is 41.1 Å². The van der Waals surface area contributed by atoms with E-state index >= 15 is 0 Å². The summed E-state index contributed by atoms with van der Waals surface area (Å²) >= 11 is 0. The van der Waals surface area contributed by atoms with Crippen LogP contribution in [0.5, 0.6) is 0 Å². The summed E-state index contributed by atoms with van der Waals surface area (Å²) in [6, 6.07) is 7.75. The number of aryl methyl sites for hydroxylation is 1. The van der Waals surface area contributed by atoms with Gasteiger partial charge in [0.2, 0.25) is 0 Å². The zero-order valence-electron chi connectivity index (χ0n) is 17.7. The van der Waals surface area contributed by atoms with Gasteiger partial charge in [-0.1, -0.05) is 29.8 Å². The first-order valence-corrected chi connectivity index (χ1v) is 10.6. The average molecular weight is 401 g/mol. The molecule has 0 spiro atoms. The lowest BCUT2D eigenvalue weighted by Gasteiger charge is -2.34. The minimum atomic E-state index is -0.232. The molecular weight excluding hydrogens is 368 g/mol. The van der Waals surface area contributed by atoms with Crippen LogP contribution in [0.15, 0.2) is 30.0 Å². The van der Waals surface area contributed by atoms with Crippen LogP contribution in [-0.4, -0.2) is 65.7 Å². The number of ether oxygens (including phenoxy) is 1. The molecule has 2 aliphatic heterocycles. The van der Waals surface area contributed by atoms with Crippen LogP contribution >= 0.6 is 0 Å². The Morgan fingerprint density at radius 1 is 1.17 bits per heavy atom. The zero-order chi connectivity index (χ0) is 21.0. The number of benzene rings is 1. The SMILES string of the molecule is Cc1ccc(C2=C(N3CCCC(CO)C3)C(=O)N(CCCOC(C)C)C2=O)cc1. The first-order valence-electron chi connectivity index (χ1n) is 10.6. The molecule has 0 bridgehead atoms. The van der Waals surface area contributed by atoms with E-state index in [1.165, 1.54) is 4.90 Å². The third-order valence-corrected chi connectivity index (χ3v) is 5.55. The van der Waals surface area contributed by atoms with E-state index in [-0.39, 0.29) is 30.4 Å². The summed E-state index contributed by atoms with van der Waals surface area (Å²) in [5.41, 5.74) is 2.85. The maximum atomic E-state index is 13.3. The molecule has 0 aliphatic carbocycles. The van der Waals surface area contributed by atoms with Gasteiger partial charge in [0, 0.05) is 32.8 Å². The van der Waals surface area contributed by atoms with Crippen LogP contribution < -0.4 is 0 Å². The molecule has 1 saturated heterocycles. The molecule has 1 atom stereocenters. The molecule has 6 nitrogen and oxygen atoms in total. The number of carbonyl (C=O) groups is 2. The molecule has 2 amide bonds. The Bertz CT molecular complexity index is 770. The number of rotatable bonds is 8. The van der Waals surface area contributed by atoms with Crippen LogP contribution in [0.2, 0.25) is 0 Å². The highest BCUT2D eigenvalue weighted by Gasteiger charge is 2.42. The van der Waals surface area contributed by atoms with Crippen LogP contribution in [0.3, 0.4) is 0 Å². The second kappa shape index (κ2) is 9.55. The van der Waals surface area contributed by atoms with Crippen molar-refractivity contribution in [3.63, 3.8) is 0 Å². The van der Waals surface area contributed by atoms with E-state index in [0.29, 0.717) is 37.4 Å². The highest BCUT2D eigenvalue weighted by Crippen LogP contribution is 2.34. The normalized spacial score (nSPS) is 20.4. The molecular formula is C23H32N2O4. The van der Waals surface area contributed by atoms with Crippen molar-refractivity contribution in [1.82, 2.24) is 9.80 Å². The van der Waals surface area contributed by atoms with Gasteiger partial charge in [0.25, 0.3) is 11.8 Å². The number of likely N-dealkylation sites (tertiary alicyclic amines) is 1. The topological polar surface area (TPSA) is 70.1 Å². The van der Waals surface area contributed by atoms with Gasteiger partial charge >= 0.3 is 0 Å². The van der Waals surface area contributed by atoms with Gasteiger partial charge in [-0.3, -0.25) is 14.5 Å².